The van der Waals surface area contributed by atoms with Crippen LogP contribution in [0.15, 0.2) is 30.6 Å². The minimum Gasteiger partial charge on any atom is -0.492 e. The number of nitrogens with one attached hydrogen (secondary N) is 1. The van der Waals surface area contributed by atoms with Crippen LogP contribution < -0.4 is 4.74 Å². The van der Waals surface area contributed by atoms with Crippen LogP contribution in [0.4, 0.5) is 0 Å². The van der Waals surface area contributed by atoms with Gasteiger partial charge in [-0.2, -0.15) is 5.10 Å². The Labute approximate surface area is 170 Å². The van der Waals surface area contributed by atoms with Gasteiger partial charge in [0.05, 0.1) is 35.7 Å². The number of aromatic amines is 1. The normalized spacial score (nSPS) is 23.8. The highest BCUT2D eigenvalue weighted by molar-refractivity contribution is 7.91. The molecule has 0 radical (unpaired) electrons. The molecule has 9 heteroatoms. The van der Waals surface area contributed by atoms with Gasteiger partial charge in [0.2, 0.25) is 5.91 Å². The molecule has 8 nitrogen and oxygen atoms in total. The summed E-state index contributed by atoms with van der Waals surface area (Å²) >= 11 is 0. The van der Waals surface area contributed by atoms with E-state index in [1.165, 1.54) is 0 Å². The number of nitrogens with zero attached hydrogens (tertiary/aromatic N) is 3. The van der Waals surface area contributed by atoms with Crippen LogP contribution in [0.2, 0.25) is 0 Å². The Hall–Kier alpha value is -2.42. The van der Waals surface area contributed by atoms with E-state index in [9.17, 15) is 13.2 Å². The van der Waals surface area contributed by atoms with Crippen LogP contribution in [0.25, 0.3) is 11.4 Å². The number of aromatic nitrogens is 3. The molecule has 29 heavy (non-hydrogen) atoms. The van der Waals surface area contributed by atoms with Crippen molar-refractivity contribution in [3.8, 4) is 17.1 Å². The summed E-state index contributed by atoms with van der Waals surface area (Å²) in [5, 5.41) is 6.80. The molecule has 1 N–H and O–H groups in total. The summed E-state index contributed by atoms with van der Waals surface area (Å²) in [5.74, 6) is 1.39. The molecular weight excluding hydrogens is 392 g/mol. The van der Waals surface area contributed by atoms with Crippen molar-refractivity contribution in [2.75, 3.05) is 31.2 Å². The first kappa shape index (κ1) is 19.9. The minimum atomic E-state index is -2.94. The summed E-state index contributed by atoms with van der Waals surface area (Å²) < 4.78 is 29.1. The van der Waals surface area contributed by atoms with Crippen molar-refractivity contribution >= 4 is 15.7 Å². The van der Waals surface area contributed by atoms with Crippen molar-refractivity contribution in [2.24, 2.45) is 11.8 Å². The second kappa shape index (κ2) is 8.52. The molecule has 2 fully saturated rings. The van der Waals surface area contributed by atoms with E-state index in [1.807, 2.05) is 23.1 Å². The zero-order valence-corrected chi connectivity index (χ0v) is 17.1. The molecule has 0 aliphatic carbocycles. The smallest absolute Gasteiger partial charge is 0.222 e. The minimum absolute atomic E-state index is 0.0245. The van der Waals surface area contributed by atoms with Crippen molar-refractivity contribution in [3.63, 3.8) is 0 Å². The number of pyridine rings is 1. The number of sulfone groups is 1. The summed E-state index contributed by atoms with van der Waals surface area (Å²) in [7, 11) is -2.94. The zero-order chi connectivity index (χ0) is 20.3. The Bertz CT molecular complexity index is 928. The molecule has 2 aliphatic rings. The SMILES string of the molecule is O=C(CC1CCS(=O)(=O)C1)N1CCC[C@@H](COc2ccc(-c3ccn[nH]3)nc2)C1. The number of hydrogen-bond donors (Lipinski definition) is 1. The van der Waals surface area contributed by atoms with Crippen LogP contribution >= 0.6 is 0 Å². The fourth-order valence-corrected chi connectivity index (χ4v) is 5.94. The van der Waals surface area contributed by atoms with Crippen LogP contribution in [0.3, 0.4) is 0 Å². The molecule has 2 atom stereocenters. The van der Waals surface area contributed by atoms with Gasteiger partial charge < -0.3 is 9.64 Å². The predicted octanol–water partition coefficient (Wildman–Crippen LogP) is 1.91. The molecule has 1 amide bonds. The number of carbonyl (C=O) groups is 1. The fourth-order valence-electron chi connectivity index (χ4n) is 4.07. The van der Waals surface area contributed by atoms with E-state index in [2.05, 4.69) is 15.2 Å². The molecule has 0 saturated carbocycles. The zero-order valence-electron chi connectivity index (χ0n) is 16.3. The van der Waals surface area contributed by atoms with E-state index < -0.39 is 9.84 Å². The molecule has 2 aliphatic heterocycles. The van der Waals surface area contributed by atoms with E-state index in [-0.39, 0.29) is 29.2 Å². The fraction of sp³-hybridized carbons (Fsp3) is 0.550. The number of piperidine rings is 1. The van der Waals surface area contributed by atoms with Gasteiger partial charge in [0.15, 0.2) is 9.84 Å². The van der Waals surface area contributed by atoms with E-state index in [4.69, 9.17) is 4.74 Å². The predicted molar refractivity (Wildman–Crippen MR) is 108 cm³/mol. The van der Waals surface area contributed by atoms with Crippen molar-refractivity contribution in [3.05, 3.63) is 30.6 Å². The maximum Gasteiger partial charge on any atom is 0.222 e. The largest absolute Gasteiger partial charge is 0.492 e. The molecule has 4 rings (SSSR count). The van der Waals surface area contributed by atoms with Crippen molar-refractivity contribution in [1.82, 2.24) is 20.1 Å². The van der Waals surface area contributed by atoms with Gasteiger partial charge in [-0.15, -0.1) is 0 Å². The Morgan fingerprint density at radius 1 is 1.24 bits per heavy atom. The topological polar surface area (TPSA) is 105 Å². The molecule has 0 bridgehead atoms. The Morgan fingerprint density at radius 2 is 2.14 bits per heavy atom. The average Bonchev–Trinajstić information content (AvgIpc) is 3.37. The van der Waals surface area contributed by atoms with Gasteiger partial charge in [0.25, 0.3) is 0 Å². The van der Waals surface area contributed by atoms with E-state index >= 15 is 0 Å². The Morgan fingerprint density at radius 3 is 2.83 bits per heavy atom. The number of likely N-dealkylation sites (tertiary alicyclic amines) is 1. The molecule has 0 spiro atoms. The standard InChI is InChI=1S/C20H26N4O4S/c25-20(10-15-6-9-29(26,27)14-15)24-8-1-2-16(12-24)13-28-17-3-4-18(21-11-17)19-5-7-22-23-19/h3-5,7,11,15-16H,1-2,6,8-10,12-14H2,(H,22,23)/t15?,16-/m1/s1. The lowest BCUT2D eigenvalue weighted by molar-refractivity contribution is -0.134. The molecule has 4 heterocycles. The van der Waals surface area contributed by atoms with Gasteiger partial charge in [-0.3, -0.25) is 14.9 Å². The van der Waals surface area contributed by atoms with Crippen LogP contribution in [0.5, 0.6) is 5.75 Å². The Kier molecular flexibility index (Phi) is 5.84. The van der Waals surface area contributed by atoms with Crippen LogP contribution in [0.1, 0.15) is 25.7 Å². The monoisotopic (exact) mass is 418 g/mol. The summed E-state index contributed by atoms with van der Waals surface area (Å²) in [4.78, 5) is 18.9. The van der Waals surface area contributed by atoms with E-state index in [0.717, 1.165) is 30.8 Å². The average molecular weight is 419 g/mol. The molecule has 2 saturated heterocycles. The Balaban J connectivity index is 1.26. The number of ether oxygens (including phenoxy) is 1. The van der Waals surface area contributed by atoms with E-state index in [1.54, 1.807) is 12.4 Å². The number of amides is 1. The van der Waals surface area contributed by atoms with Crippen LogP contribution in [-0.2, 0) is 14.6 Å². The number of H-pyrrole nitrogens is 1. The number of rotatable bonds is 6. The van der Waals surface area contributed by atoms with Gasteiger partial charge in [-0.25, -0.2) is 8.42 Å². The highest BCUT2D eigenvalue weighted by atomic mass is 32.2. The quantitative estimate of drug-likeness (QED) is 0.768. The highest BCUT2D eigenvalue weighted by Crippen LogP contribution is 2.25. The van der Waals surface area contributed by atoms with Crippen molar-refractivity contribution < 1.29 is 17.9 Å². The summed E-state index contributed by atoms with van der Waals surface area (Å²) in [5.41, 5.74) is 1.66. The second-order valence-electron chi connectivity index (χ2n) is 7.98. The molecular formula is C20H26N4O4S. The first-order chi connectivity index (χ1) is 14.0. The summed E-state index contributed by atoms with van der Waals surface area (Å²) in [6, 6.07) is 5.63. The third-order valence-electron chi connectivity index (χ3n) is 5.66. The first-order valence-electron chi connectivity index (χ1n) is 10.1. The maximum absolute atomic E-state index is 12.6. The third-order valence-corrected chi connectivity index (χ3v) is 7.50. The van der Waals surface area contributed by atoms with Gasteiger partial charge >= 0.3 is 0 Å². The third kappa shape index (κ3) is 5.14. The van der Waals surface area contributed by atoms with Crippen molar-refractivity contribution in [1.29, 1.82) is 0 Å². The number of carbonyl (C=O) groups excluding carboxylic acids is 1. The molecule has 156 valence electrons. The molecule has 2 aromatic heterocycles. The van der Waals surface area contributed by atoms with Crippen LogP contribution in [0, 0.1) is 11.8 Å². The summed E-state index contributed by atoms with van der Waals surface area (Å²) in [6.07, 6.45) is 6.29. The van der Waals surface area contributed by atoms with Gasteiger partial charge in [-0.1, -0.05) is 0 Å². The second-order valence-corrected chi connectivity index (χ2v) is 10.2. The van der Waals surface area contributed by atoms with Gasteiger partial charge in [-0.05, 0) is 43.4 Å². The molecule has 1 unspecified atom stereocenters. The highest BCUT2D eigenvalue weighted by Gasteiger charge is 2.32. The van der Waals surface area contributed by atoms with Gasteiger partial charge in [0, 0.05) is 31.6 Å². The van der Waals surface area contributed by atoms with Crippen molar-refractivity contribution in [2.45, 2.75) is 25.7 Å². The molecule has 2 aromatic rings. The number of hydrogen-bond acceptors (Lipinski definition) is 6. The molecule has 0 aromatic carbocycles. The first-order valence-corrected chi connectivity index (χ1v) is 11.9. The van der Waals surface area contributed by atoms with E-state index in [0.29, 0.717) is 31.7 Å². The summed E-state index contributed by atoms with van der Waals surface area (Å²) in [6.45, 7) is 1.94. The van der Waals surface area contributed by atoms with Gasteiger partial charge in [0.1, 0.15) is 5.75 Å². The lowest BCUT2D eigenvalue weighted by Gasteiger charge is -2.33. The van der Waals surface area contributed by atoms with Crippen LogP contribution in [-0.4, -0.2) is 65.6 Å². The lowest BCUT2D eigenvalue weighted by atomic mass is 9.97. The lowest BCUT2D eigenvalue weighted by Crippen LogP contribution is -2.42. The maximum atomic E-state index is 12.6.